The number of amides is 2. The molecule has 2 aromatic carbocycles. The van der Waals surface area contributed by atoms with Crippen LogP contribution >= 0.6 is 0 Å². The Labute approximate surface area is 252 Å². The molecular formula is C32H36F6N2O4. The summed E-state index contributed by atoms with van der Waals surface area (Å²) in [4.78, 5) is 29.9. The molecule has 0 aromatic heterocycles. The minimum Gasteiger partial charge on any atom is -0.453 e. The summed E-state index contributed by atoms with van der Waals surface area (Å²) in [6.45, 7) is 3.30. The fourth-order valence-corrected chi connectivity index (χ4v) is 6.54. The Kier molecular flexibility index (Phi) is 8.83. The Morgan fingerprint density at radius 3 is 2.05 bits per heavy atom. The maximum atomic E-state index is 13.7. The Morgan fingerprint density at radius 2 is 1.52 bits per heavy atom. The first-order chi connectivity index (χ1) is 20.7. The fraction of sp³-hybridized carbons (Fsp3) is 0.562. The average molecular weight is 627 g/mol. The Morgan fingerprint density at radius 1 is 0.932 bits per heavy atom. The number of hydrogen-bond donors (Lipinski definition) is 0. The highest BCUT2D eigenvalue weighted by molar-refractivity contribution is 5.91. The molecule has 240 valence electrons. The van der Waals surface area contributed by atoms with E-state index < -0.39 is 48.3 Å². The lowest BCUT2D eigenvalue weighted by molar-refractivity contribution is -0.143. The number of fused-ring (bicyclic) bond motifs is 2. The van der Waals surface area contributed by atoms with Crippen LogP contribution in [0.25, 0.3) is 0 Å². The van der Waals surface area contributed by atoms with Crippen LogP contribution in [0.4, 0.5) is 41.6 Å². The van der Waals surface area contributed by atoms with E-state index in [9.17, 15) is 35.9 Å². The van der Waals surface area contributed by atoms with E-state index in [4.69, 9.17) is 9.47 Å². The van der Waals surface area contributed by atoms with Gasteiger partial charge in [-0.2, -0.15) is 26.3 Å². The second-order valence-corrected chi connectivity index (χ2v) is 11.9. The molecule has 0 spiro atoms. The van der Waals surface area contributed by atoms with Crippen molar-refractivity contribution < 1.29 is 45.4 Å². The normalized spacial score (nSPS) is 19.9. The van der Waals surface area contributed by atoms with Gasteiger partial charge < -0.3 is 9.47 Å². The van der Waals surface area contributed by atoms with Gasteiger partial charge in [0.1, 0.15) is 6.10 Å². The van der Waals surface area contributed by atoms with Gasteiger partial charge in [0.2, 0.25) is 0 Å². The lowest BCUT2D eigenvalue weighted by Gasteiger charge is -2.44. The van der Waals surface area contributed by atoms with Crippen LogP contribution in [-0.4, -0.2) is 36.3 Å². The maximum Gasteiger partial charge on any atom is 0.416 e. The molecule has 5 rings (SSSR count). The molecule has 1 aliphatic heterocycles. The molecule has 3 aliphatic rings. The number of methoxy groups -OCH3 is 1. The zero-order valence-corrected chi connectivity index (χ0v) is 24.9. The van der Waals surface area contributed by atoms with Gasteiger partial charge >= 0.3 is 24.5 Å². The predicted molar refractivity (Wildman–Crippen MR) is 150 cm³/mol. The minimum absolute atomic E-state index is 0.0671. The summed E-state index contributed by atoms with van der Waals surface area (Å²) in [5, 5.41) is 0. The van der Waals surface area contributed by atoms with Crippen molar-refractivity contribution in [3.05, 3.63) is 63.7 Å². The molecule has 2 aliphatic carbocycles. The first-order valence-corrected chi connectivity index (χ1v) is 15.0. The number of benzene rings is 2. The van der Waals surface area contributed by atoms with E-state index in [-0.39, 0.29) is 36.1 Å². The highest BCUT2D eigenvalue weighted by atomic mass is 19.4. The molecule has 12 heteroatoms. The van der Waals surface area contributed by atoms with Crippen LogP contribution in [0.15, 0.2) is 30.3 Å². The second-order valence-electron chi connectivity index (χ2n) is 11.9. The lowest BCUT2D eigenvalue weighted by atomic mass is 9.86. The molecule has 0 radical (unpaired) electrons. The lowest BCUT2D eigenvalue weighted by Crippen LogP contribution is -2.50. The SMILES string of the molecule is CCC(CC)OC(=O)N1c2cc3c(cc2[C@@H](N(Cc2cc(C(F)(F)F)cc(C(F)(F)F)c2)C(=O)OC)C[C@H]1C1CC1)CCC3. The average Bonchev–Trinajstić information content (AvgIpc) is 3.72. The minimum atomic E-state index is -5.03. The molecule has 2 atom stereocenters. The first-order valence-electron chi connectivity index (χ1n) is 15.0. The summed E-state index contributed by atoms with van der Waals surface area (Å²) in [6, 6.07) is 4.05. The Bertz CT molecular complexity index is 1370. The molecular weight excluding hydrogens is 590 g/mol. The van der Waals surface area contributed by atoms with Crippen LogP contribution in [0.5, 0.6) is 0 Å². The summed E-state index contributed by atoms with van der Waals surface area (Å²) < 4.78 is 92.9. The van der Waals surface area contributed by atoms with Crippen LogP contribution in [0.3, 0.4) is 0 Å². The second kappa shape index (κ2) is 12.2. The Hall–Kier alpha value is -3.44. The van der Waals surface area contributed by atoms with E-state index in [0.29, 0.717) is 36.2 Å². The van der Waals surface area contributed by atoms with Crippen LogP contribution in [0.1, 0.15) is 91.8 Å². The molecule has 44 heavy (non-hydrogen) atoms. The van der Waals surface area contributed by atoms with E-state index in [2.05, 4.69) is 0 Å². The van der Waals surface area contributed by atoms with Crippen molar-refractivity contribution in [2.75, 3.05) is 12.0 Å². The van der Waals surface area contributed by atoms with E-state index in [1.165, 1.54) is 4.90 Å². The molecule has 0 bridgehead atoms. The zero-order valence-electron chi connectivity index (χ0n) is 24.9. The first kappa shape index (κ1) is 32.0. The fourth-order valence-electron chi connectivity index (χ4n) is 6.54. The molecule has 0 unspecified atom stereocenters. The topological polar surface area (TPSA) is 59.1 Å². The van der Waals surface area contributed by atoms with E-state index in [1.807, 2.05) is 26.0 Å². The van der Waals surface area contributed by atoms with Crippen LogP contribution in [0, 0.1) is 5.92 Å². The number of nitrogens with zero attached hydrogens (tertiary/aromatic N) is 2. The van der Waals surface area contributed by atoms with Crippen LogP contribution < -0.4 is 4.90 Å². The molecule has 1 fully saturated rings. The van der Waals surface area contributed by atoms with Gasteiger partial charge in [-0.15, -0.1) is 0 Å². The van der Waals surface area contributed by atoms with Crippen molar-refractivity contribution in [1.82, 2.24) is 4.90 Å². The number of ether oxygens (including phenoxy) is 2. The standard InChI is InChI=1S/C32H36F6N2O4/c1-4-24(5-2)44-30(42)40-26(19-9-10-19)16-27(25-13-20-7-6-8-21(20)14-28(25)40)39(29(41)43-3)17-18-11-22(31(33,34)35)15-23(12-18)32(36,37)38/h11-15,19,24,26-27H,4-10,16-17H2,1-3H3/t26-,27-/m0/s1. The number of halogens is 6. The predicted octanol–water partition coefficient (Wildman–Crippen LogP) is 8.84. The summed E-state index contributed by atoms with van der Waals surface area (Å²) in [5.41, 5.74) is 0.00657. The van der Waals surface area contributed by atoms with Crippen molar-refractivity contribution in [3.8, 4) is 0 Å². The summed E-state index contributed by atoms with van der Waals surface area (Å²) in [6.07, 6.45) is -6.06. The molecule has 1 saturated carbocycles. The number of alkyl halides is 6. The van der Waals surface area contributed by atoms with E-state index in [1.54, 1.807) is 4.90 Å². The van der Waals surface area contributed by atoms with Gasteiger partial charge in [-0.1, -0.05) is 19.9 Å². The highest BCUT2D eigenvalue weighted by Gasteiger charge is 2.48. The number of anilines is 1. The van der Waals surface area contributed by atoms with Crippen molar-refractivity contribution >= 4 is 17.9 Å². The van der Waals surface area contributed by atoms with Gasteiger partial charge in [-0.25, -0.2) is 9.59 Å². The van der Waals surface area contributed by atoms with Gasteiger partial charge in [0.15, 0.2) is 0 Å². The number of rotatable bonds is 7. The molecule has 1 heterocycles. The summed E-state index contributed by atoms with van der Waals surface area (Å²) >= 11 is 0. The molecule has 0 N–H and O–H groups in total. The van der Waals surface area contributed by atoms with Gasteiger partial charge in [0, 0.05) is 12.6 Å². The Balaban J connectivity index is 1.61. The zero-order chi connectivity index (χ0) is 32.0. The smallest absolute Gasteiger partial charge is 0.416 e. The number of carbonyl (C=O) groups excluding carboxylic acids is 2. The van der Waals surface area contributed by atoms with Crippen LogP contribution in [-0.2, 0) is 41.2 Å². The third-order valence-electron chi connectivity index (χ3n) is 8.98. The van der Waals surface area contributed by atoms with Crippen LogP contribution in [0.2, 0.25) is 0 Å². The van der Waals surface area contributed by atoms with Crippen molar-refractivity contribution in [1.29, 1.82) is 0 Å². The third kappa shape index (κ3) is 6.49. The number of hydrogen-bond acceptors (Lipinski definition) is 4. The van der Waals surface area contributed by atoms with Crippen molar-refractivity contribution in [2.24, 2.45) is 5.92 Å². The van der Waals surface area contributed by atoms with Crippen molar-refractivity contribution in [3.63, 3.8) is 0 Å². The molecule has 0 saturated heterocycles. The number of carbonyl (C=O) groups is 2. The van der Waals surface area contributed by atoms with E-state index >= 15 is 0 Å². The highest BCUT2D eigenvalue weighted by Crippen LogP contribution is 2.50. The monoisotopic (exact) mass is 626 g/mol. The summed E-state index contributed by atoms with van der Waals surface area (Å²) in [7, 11) is 1.12. The van der Waals surface area contributed by atoms with E-state index in [0.717, 1.165) is 50.3 Å². The van der Waals surface area contributed by atoms with Gasteiger partial charge in [0.05, 0.1) is 30.0 Å². The van der Waals surface area contributed by atoms with Crippen molar-refractivity contribution in [2.45, 2.75) is 102 Å². The van der Waals surface area contributed by atoms with Gasteiger partial charge in [-0.05, 0) is 104 Å². The third-order valence-corrected chi connectivity index (χ3v) is 8.98. The maximum absolute atomic E-state index is 13.7. The van der Waals surface area contributed by atoms with Gasteiger partial charge in [-0.3, -0.25) is 9.80 Å². The van der Waals surface area contributed by atoms with Gasteiger partial charge in [0.25, 0.3) is 0 Å². The largest absolute Gasteiger partial charge is 0.453 e. The quantitative estimate of drug-likeness (QED) is 0.288. The number of aryl methyl sites for hydroxylation is 2. The molecule has 2 amide bonds. The molecule has 2 aromatic rings. The molecule has 6 nitrogen and oxygen atoms in total. The summed E-state index contributed by atoms with van der Waals surface area (Å²) in [5.74, 6) is 0.109.